The molecule has 0 amide bonds. The maximum atomic E-state index is 12.9. The van der Waals surface area contributed by atoms with Crippen LogP contribution in [0.25, 0.3) is 0 Å². The fourth-order valence-corrected chi connectivity index (χ4v) is 2.05. The Kier molecular flexibility index (Phi) is 2.70. The summed E-state index contributed by atoms with van der Waals surface area (Å²) in [5, 5.41) is 0. The Labute approximate surface area is 71.6 Å². The van der Waals surface area contributed by atoms with Crippen LogP contribution in [0.15, 0.2) is 0 Å². The molecule has 2 N–H and O–H groups in total. The van der Waals surface area contributed by atoms with E-state index in [1.54, 1.807) is 0 Å². The number of alkyl halides is 1. The Morgan fingerprint density at radius 3 is 2.58 bits per heavy atom. The lowest BCUT2D eigenvalue weighted by Crippen LogP contribution is -2.50. The summed E-state index contributed by atoms with van der Waals surface area (Å²) in [7, 11) is -3.24. The molecule has 0 aromatic carbocycles. The molecule has 4 nitrogen and oxygen atoms in total. The van der Waals surface area contributed by atoms with Crippen LogP contribution in [0.5, 0.6) is 0 Å². The zero-order valence-corrected chi connectivity index (χ0v) is 7.72. The van der Waals surface area contributed by atoms with Crippen LogP contribution in [0.3, 0.4) is 0 Å². The topological polar surface area (TPSA) is 63.4 Å². The summed E-state index contributed by atoms with van der Waals surface area (Å²) in [6.07, 6.45) is 0.249. The molecule has 0 aliphatic carbocycles. The molecule has 1 rings (SSSR count). The summed E-state index contributed by atoms with van der Waals surface area (Å²) in [4.78, 5) is 0. The van der Waals surface area contributed by atoms with Gasteiger partial charge in [-0.05, 0) is 6.42 Å². The van der Waals surface area contributed by atoms with Crippen molar-refractivity contribution in [3.8, 4) is 0 Å². The Bertz CT molecular complexity index is 254. The number of piperidine rings is 1. The highest BCUT2D eigenvalue weighted by molar-refractivity contribution is 7.88. The van der Waals surface area contributed by atoms with Crippen LogP contribution in [0.4, 0.5) is 4.39 Å². The van der Waals surface area contributed by atoms with Crippen molar-refractivity contribution in [2.45, 2.75) is 18.6 Å². The van der Waals surface area contributed by atoms with Crippen molar-refractivity contribution in [2.75, 3.05) is 19.3 Å². The SMILES string of the molecule is CS(=O)(=O)N1CC[C@@H](N)[C@H](F)C1. The molecule has 0 radical (unpaired) electrons. The number of rotatable bonds is 1. The van der Waals surface area contributed by atoms with Crippen LogP contribution in [-0.2, 0) is 10.0 Å². The van der Waals surface area contributed by atoms with Gasteiger partial charge >= 0.3 is 0 Å². The van der Waals surface area contributed by atoms with Crippen molar-refractivity contribution >= 4 is 10.0 Å². The minimum atomic E-state index is -3.24. The number of hydrogen-bond donors (Lipinski definition) is 1. The van der Waals surface area contributed by atoms with Gasteiger partial charge in [-0.1, -0.05) is 0 Å². The maximum absolute atomic E-state index is 12.9. The second-order valence-corrected chi connectivity index (χ2v) is 5.07. The fraction of sp³-hybridized carbons (Fsp3) is 1.00. The standard InChI is InChI=1S/C6H13FN2O2S/c1-12(10,11)9-3-2-6(8)5(7)4-9/h5-6H,2-4,8H2,1H3/t5-,6-/m1/s1. The molecule has 0 aromatic heterocycles. The number of halogens is 1. The van der Waals surface area contributed by atoms with Crippen molar-refractivity contribution in [1.29, 1.82) is 0 Å². The third kappa shape index (κ3) is 2.15. The molecule has 1 heterocycles. The van der Waals surface area contributed by atoms with Gasteiger partial charge in [-0.2, -0.15) is 4.31 Å². The van der Waals surface area contributed by atoms with Gasteiger partial charge in [0.15, 0.2) is 0 Å². The van der Waals surface area contributed by atoms with Gasteiger partial charge in [-0.25, -0.2) is 12.8 Å². The van der Waals surface area contributed by atoms with Gasteiger partial charge in [0, 0.05) is 19.1 Å². The zero-order chi connectivity index (χ0) is 9.35. The molecule has 0 saturated carbocycles. The van der Waals surface area contributed by atoms with Gasteiger partial charge in [0.1, 0.15) is 6.17 Å². The average Bonchev–Trinajstić information content (AvgIpc) is 1.92. The first-order valence-corrected chi connectivity index (χ1v) is 5.61. The zero-order valence-electron chi connectivity index (χ0n) is 6.90. The first kappa shape index (κ1) is 9.88. The van der Waals surface area contributed by atoms with Crippen LogP contribution in [0, 0.1) is 0 Å². The van der Waals surface area contributed by atoms with Crippen molar-refractivity contribution in [3.63, 3.8) is 0 Å². The number of nitrogens with zero attached hydrogens (tertiary/aromatic N) is 1. The minimum Gasteiger partial charge on any atom is -0.325 e. The Hall–Kier alpha value is -0.200. The second-order valence-electron chi connectivity index (χ2n) is 3.09. The molecule has 0 bridgehead atoms. The van der Waals surface area contributed by atoms with E-state index in [2.05, 4.69) is 0 Å². The van der Waals surface area contributed by atoms with Crippen LogP contribution in [0.1, 0.15) is 6.42 Å². The van der Waals surface area contributed by atoms with Gasteiger partial charge in [-0.3, -0.25) is 0 Å². The molecule has 6 heteroatoms. The molecular weight excluding hydrogens is 183 g/mol. The van der Waals surface area contributed by atoms with E-state index in [1.165, 1.54) is 0 Å². The lowest BCUT2D eigenvalue weighted by Gasteiger charge is -2.30. The summed E-state index contributed by atoms with van der Waals surface area (Å²) in [5.74, 6) is 0. The highest BCUT2D eigenvalue weighted by atomic mass is 32.2. The van der Waals surface area contributed by atoms with E-state index in [0.717, 1.165) is 10.6 Å². The third-order valence-electron chi connectivity index (χ3n) is 2.02. The summed E-state index contributed by atoms with van der Waals surface area (Å²) in [5.41, 5.74) is 5.39. The number of nitrogens with two attached hydrogens (primary N) is 1. The first-order valence-electron chi connectivity index (χ1n) is 3.76. The predicted molar refractivity (Wildman–Crippen MR) is 43.9 cm³/mol. The quantitative estimate of drug-likeness (QED) is 0.604. The van der Waals surface area contributed by atoms with E-state index in [-0.39, 0.29) is 6.54 Å². The van der Waals surface area contributed by atoms with Gasteiger partial charge in [0.05, 0.1) is 6.26 Å². The summed E-state index contributed by atoms with van der Waals surface area (Å²) in [6, 6.07) is -0.511. The molecule has 1 aliphatic rings. The van der Waals surface area contributed by atoms with Crippen LogP contribution < -0.4 is 5.73 Å². The molecule has 72 valence electrons. The molecular formula is C6H13FN2O2S. The Balaban J connectivity index is 2.64. The van der Waals surface area contributed by atoms with E-state index >= 15 is 0 Å². The minimum absolute atomic E-state index is 0.0972. The molecule has 1 saturated heterocycles. The van der Waals surface area contributed by atoms with Gasteiger partial charge < -0.3 is 5.73 Å². The number of hydrogen-bond acceptors (Lipinski definition) is 3. The van der Waals surface area contributed by atoms with Crippen molar-refractivity contribution < 1.29 is 12.8 Å². The largest absolute Gasteiger partial charge is 0.325 e. The molecule has 12 heavy (non-hydrogen) atoms. The average molecular weight is 196 g/mol. The number of sulfonamides is 1. The van der Waals surface area contributed by atoms with Crippen molar-refractivity contribution in [1.82, 2.24) is 4.31 Å². The summed E-state index contributed by atoms with van der Waals surface area (Å²) < 4.78 is 36.0. The van der Waals surface area contributed by atoms with Gasteiger partial charge in [-0.15, -0.1) is 0 Å². The molecule has 0 spiro atoms. The van der Waals surface area contributed by atoms with E-state index in [1.807, 2.05) is 0 Å². The second kappa shape index (κ2) is 3.27. The van der Waals surface area contributed by atoms with E-state index in [9.17, 15) is 12.8 Å². The molecule has 1 aliphatic heterocycles. The summed E-state index contributed by atoms with van der Waals surface area (Å²) in [6.45, 7) is 0.237. The Morgan fingerprint density at radius 1 is 1.58 bits per heavy atom. The molecule has 2 atom stereocenters. The lowest BCUT2D eigenvalue weighted by atomic mass is 10.1. The first-order chi connectivity index (χ1) is 5.41. The van der Waals surface area contributed by atoms with Crippen LogP contribution in [0.2, 0.25) is 0 Å². The van der Waals surface area contributed by atoms with Crippen LogP contribution in [-0.4, -0.2) is 44.3 Å². The van der Waals surface area contributed by atoms with Gasteiger partial charge in [0.2, 0.25) is 10.0 Å². The fourth-order valence-electron chi connectivity index (χ4n) is 1.20. The van der Waals surface area contributed by atoms with Gasteiger partial charge in [0.25, 0.3) is 0 Å². The lowest BCUT2D eigenvalue weighted by molar-refractivity contribution is 0.177. The van der Waals surface area contributed by atoms with E-state index in [0.29, 0.717) is 13.0 Å². The maximum Gasteiger partial charge on any atom is 0.211 e. The van der Waals surface area contributed by atoms with E-state index in [4.69, 9.17) is 5.73 Å². The smallest absolute Gasteiger partial charge is 0.211 e. The van der Waals surface area contributed by atoms with Crippen molar-refractivity contribution in [2.24, 2.45) is 5.73 Å². The third-order valence-corrected chi connectivity index (χ3v) is 3.29. The molecule has 1 fully saturated rings. The monoisotopic (exact) mass is 196 g/mol. The van der Waals surface area contributed by atoms with E-state index < -0.39 is 22.2 Å². The van der Waals surface area contributed by atoms with Crippen LogP contribution >= 0.6 is 0 Å². The highest BCUT2D eigenvalue weighted by Gasteiger charge is 2.30. The molecule has 0 aromatic rings. The normalized spacial score (nSPS) is 33.6. The predicted octanol–water partition coefficient (Wildman–Crippen LogP) is -0.683. The summed E-state index contributed by atoms with van der Waals surface area (Å²) >= 11 is 0. The molecule has 0 unspecified atom stereocenters. The highest BCUT2D eigenvalue weighted by Crippen LogP contribution is 2.14. The van der Waals surface area contributed by atoms with Crippen molar-refractivity contribution in [3.05, 3.63) is 0 Å². The Morgan fingerprint density at radius 2 is 2.17 bits per heavy atom.